The molecule has 2 heterocycles. The molecule has 0 aromatic carbocycles. The minimum Gasteiger partial charge on any atom is -0.460 e. The van der Waals surface area contributed by atoms with Crippen molar-refractivity contribution >= 4 is 0 Å². The van der Waals surface area contributed by atoms with Crippen LogP contribution in [0.1, 0.15) is 11.3 Å². The first kappa shape index (κ1) is 10.9. The van der Waals surface area contributed by atoms with Crippen molar-refractivity contribution in [1.82, 2.24) is 15.5 Å². The fourth-order valence-corrected chi connectivity index (χ4v) is 1.53. The van der Waals surface area contributed by atoms with Crippen LogP contribution in [0.3, 0.4) is 0 Å². The van der Waals surface area contributed by atoms with E-state index in [0.29, 0.717) is 13.1 Å². The summed E-state index contributed by atoms with van der Waals surface area (Å²) in [7, 11) is 0. The van der Waals surface area contributed by atoms with Gasteiger partial charge in [0.25, 0.3) is 0 Å². The monoisotopic (exact) mass is 221 g/mol. The highest BCUT2D eigenvalue weighted by atomic mass is 16.3. The van der Waals surface area contributed by atoms with Gasteiger partial charge in [0, 0.05) is 18.7 Å². The number of aliphatic hydroxyl groups is 1. The predicted octanol–water partition coefficient (Wildman–Crippen LogP) is 1.06. The number of rotatable bonds is 5. The van der Waals surface area contributed by atoms with E-state index in [1.807, 2.05) is 19.1 Å². The van der Waals surface area contributed by atoms with Crippen LogP contribution in [0, 0.1) is 6.92 Å². The summed E-state index contributed by atoms with van der Waals surface area (Å²) < 4.78 is 5.53. The maximum absolute atomic E-state index is 8.68. The molecule has 5 heteroatoms. The Bertz CT molecular complexity index is 448. The smallest absolute Gasteiger partial charge is 0.152 e. The van der Waals surface area contributed by atoms with Gasteiger partial charge in [-0.2, -0.15) is 5.10 Å². The van der Waals surface area contributed by atoms with Crippen LogP contribution in [0.2, 0.25) is 0 Å². The molecular formula is C11H15N3O2. The number of aromatic amines is 1. The Balaban J connectivity index is 2.12. The second-order valence-corrected chi connectivity index (χ2v) is 3.58. The van der Waals surface area contributed by atoms with Crippen molar-refractivity contribution < 1.29 is 9.52 Å². The molecule has 0 aliphatic carbocycles. The summed E-state index contributed by atoms with van der Waals surface area (Å²) in [5, 5.41) is 18.7. The van der Waals surface area contributed by atoms with Crippen molar-refractivity contribution in [3.63, 3.8) is 0 Å². The third-order valence-electron chi connectivity index (χ3n) is 2.31. The van der Waals surface area contributed by atoms with E-state index in [2.05, 4.69) is 15.5 Å². The molecule has 0 unspecified atom stereocenters. The molecule has 0 amide bonds. The van der Waals surface area contributed by atoms with Crippen LogP contribution >= 0.6 is 0 Å². The molecule has 0 fully saturated rings. The third-order valence-corrected chi connectivity index (χ3v) is 2.31. The molecule has 0 radical (unpaired) electrons. The molecule has 2 aromatic heterocycles. The maximum atomic E-state index is 8.68. The number of aliphatic hydroxyl groups excluding tert-OH is 1. The van der Waals surface area contributed by atoms with E-state index in [1.54, 1.807) is 6.20 Å². The molecule has 0 saturated heterocycles. The van der Waals surface area contributed by atoms with Gasteiger partial charge in [0.2, 0.25) is 0 Å². The lowest BCUT2D eigenvalue weighted by Crippen LogP contribution is -2.17. The standard InChI is InChI=1S/C11H15N3O2/c1-8-2-3-10(16-8)11-9(7-13-14-11)6-12-4-5-15/h2-3,7,12,15H,4-6H2,1H3,(H,13,14). The Labute approximate surface area is 93.5 Å². The summed E-state index contributed by atoms with van der Waals surface area (Å²) in [6.45, 7) is 3.27. The number of aromatic nitrogens is 2. The van der Waals surface area contributed by atoms with Gasteiger partial charge >= 0.3 is 0 Å². The van der Waals surface area contributed by atoms with E-state index in [-0.39, 0.29) is 6.61 Å². The number of nitrogens with zero attached hydrogens (tertiary/aromatic N) is 1. The number of furan rings is 1. The van der Waals surface area contributed by atoms with Gasteiger partial charge in [-0.1, -0.05) is 0 Å². The molecule has 16 heavy (non-hydrogen) atoms. The summed E-state index contributed by atoms with van der Waals surface area (Å²) >= 11 is 0. The van der Waals surface area contributed by atoms with E-state index in [1.165, 1.54) is 0 Å². The van der Waals surface area contributed by atoms with Crippen LogP contribution in [0.5, 0.6) is 0 Å². The molecule has 3 N–H and O–H groups in total. The summed E-state index contributed by atoms with van der Waals surface area (Å²) in [4.78, 5) is 0. The Morgan fingerprint density at radius 3 is 3.06 bits per heavy atom. The minimum atomic E-state index is 0.132. The molecule has 0 saturated carbocycles. The van der Waals surface area contributed by atoms with Gasteiger partial charge in [-0.05, 0) is 19.1 Å². The average Bonchev–Trinajstić information content (AvgIpc) is 2.87. The average molecular weight is 221 g/mol. The van der Waals surface area contributed by atoms with E-state index in [4.69, 9.17) is 9.52 Å². The SMILES string of the molecule is Cc1ccc(-c2[nH]ncc2CNCCO)o1. The fraction of sp³-hybridized carbons (Fsp3) is 0.364. The zero-order valence-electron chi connectivity index (χ0n) is 9.16. The molecule has 0 bridgehead atoms. The van der Waals surface area contributed by atoms with Gasteiger partial charge in [-0.15, -0.1) is 0 Å². The predicted molar refractivity (Wildman–Crippen MR) is 59.8 cm³/mol. The maximum Gasteiger partial charge on any atom is 0.152 e. The van der Waals surface area contributed by atoms with E-state index < -0.39 is 0 Å². The highest BCUT2D eigenvalue weighted by molar-refractivity contribution is 5.56. The van der Waals surface area contributed by atoms with Crippen molar-refractivity contribution in [2.75, 3.05) is 13.2 Å². The molecule has 86 valence electrons. The zero-order chi connectivity index (χ0) is 11.4. The molecule has 2 rings (SSSR count). The van der Waals surface area contributed by atoms with E-state index >= 15 is 0 Å². The number of aryl methyl sites for hydroxylation is 1. The van der Waals surface area contributed by atoms with Crippen LogP contribution in [0.15, 0.2) is 22.7 Å². The number of nitrogens with one attached hydrogen (secondary N) is 2. The summed E-state index contributed by atoms with van der Waals surface area (Å²) in [6.07, 6.45) is 1.76. The van der Waals surface area contributed by atoms with Crippen molar-refractivity contribution in [2.45, 2.75) is 13.5 Å². The van der Waals surface area contributed by atoms with Gasteiger partial charge in [0.1, 0.15) is 11.5 Å². The van der Waals surface area contributed by atoms with Gasteiger partial charge in [-0.25, -0.2) is 0 Å². The first-order valence-corrected chi connectivity index (χ1v) is 5.22. The first-order chi connectivity index (χ1) is 7.81. The van der Waals surface area contributed by atoms with Crippen molar-refractivity contribution in [2.24, 2.45) is 0 Å². The van der Waals surface area contributed by atoms with Gasteiger partial charge < -0.3 is 14.8 Å². The Kier molecular flexibility index (Phi) is 3.38. The fourth-order valence-electron chi connectivity index (χ4n) is 1.53. The topological polar surface area (TPSA) is 74.1 Å². The van der Waals surface area contributed by atoms with Crippen LogP contribution in [0.4, 0.5) is 0 Å². The van der Waals surface area contributed by atoms with Crippen LogP contribution in [-0.2, 0) is 6.54 Å². The Morgan fingerprint density at radius 1 is 1.50 bits per heavy atom. The lowest BCUT2D eigenvalue weighted by molar-refractivity contribution is 0.292. The highest BCUT2D eigenvalue weighted by Crippen LogP contribution is 2.22. The molecule has 0 aliphatic rings. The summed E-state index contributed by atoms with van der Waals surface area (Å²) in [5.74, 6) is 1.66. The number of hydrogen-bond donors (Lipinski definition) is 3. The van der Waals surface area contributed by atoms with Crippen LogP contribution in [-0.4, -0.2) is 28.5 Å². The molecule has 0 atom stereocenters. The quantitative estimate of drug-likeness (QED) is 0.660. The second-order valence-electron chi connectivity index (χ2n) is 3.58. The summed E-state index contributed by atoms with van der Waals surface area (Å²) in [5.41, 5.74) is 1.92. The molecular weight excluding hydrogens is 206 g/mol. The van der Waals surface area contributed by atoms with Crippen molar-refractivity contribution in [3.05, 3.63) is 29.7 Å². The van der Waals surface area contributed by atoms with Crippen molar-refractivity contribution in [1.29, 1.82) is 0 Å². The highest BCUT2D eigenvalue weighted by Gasteiger charge is 2.10. The van der Waals surface area contributed by atoms with Crippen LogP contribution < -0.4 is 5.32 Å². The van der Waals surface area contributed by atoms with Crippen molar-refractivity contribution in [3.8, 4) is 11.5 Å². The third kappa shape index (κ3) is 2.32. The van der Waals surface area contributed by atoms with Crippen LogP contribution in [0.25, 0.3) is 11.5 Å². The van der Waals surface area contributed by atoms with Gasteiger partial charge in [0.15, 0.2) is 5.76 Å². The Hall–Kier alpha value is -1.59. The Morgan fingerprint density at radius 2 is 2.38 bits per heavy atom. The molecule has 5 nitrogen and oxygen atoms in total. The summed E-state index contributed by atoms with van der Waals surface area (Å²) in [6, 6.07) is 3.83. The van der Waals surface area contributed by atoms with E-state index in [0.717, 1.165) is 22.8 Å². The number of hydrogen-bond acceptors (Lipinski definition) is 4. The largest absolute Gasteiger partial charge is 0.460 e. The lowest BCUT2D eigenvalue weighted by Gasteiger charge is -2.01. The first-order valence-electron chi connectivity index (χ1n) is 5.22. The molecule has 2 aromatic rings. The van der Waals surface area contributed by atoms with E-state index in [9.17, 15) is 0 Å². The molecule has 0 spiro atoms. The van der Waals surface area contributed by atoms with Gasteiger partial charge in [-0.3, -0.25) is 5.10 Å². The normalized spacial score (nSPS) is 10.9. The lowest BCUT2D eigenvalue weighted by atomic mass is 10.2. The zero-order valence-corrected chi connectivity index (χ0v) is 9.16. The second kappa shape index (κ2) is 4.96. The number of H-pyrrole nitrogens is 1. The minimum absolute atomic E-state index is 0.132. The molecule has 0 aliphatic heterocycles. The van der Waals surface area contributed by atoms with Gasteiger partial charge in [0.05, 0.1) is 12.8 Å².